The molecule has 0 bridgehead atoms. The van der Waals surface area contributed by atoms with Crippen LogP contribution in [0.3, 0.4) is 0 Å². The van der Waals surface area contributed by atoms with Crippen molar-refractivity contribution in [3.05, 3.63) is 23.8 Å². The maximum absolute atomic E-state index is 12.1. The number of benzene rings is 1. The summed E-state index contributed by atoms with van der Waals surface area (Å²) >= 11 is 0. The fourth-order valence-corrected chi connectivity index (χ4v) is 2.65. The average Bonchev–Trinajstić information content (AvgIpc) is 2.80. The first-order valence-corrected chi connectivity index (χ1v) is 7.61. The van der Waals surface area contributed by atoms with Crippen LogP contribution in [0.2, 0.25) is 0 Å². The molecular formula is C12H15NO4S. The molecule has 5 nitrogen and oxygen atoms in total. The highest BCUT2D eigenvalue weighted by molar-refractivity contribution is 7.90. The third-order valence-corrected chi connectivity index (χ3v) is 4.13. The summed E-state index contributed by atoms with van der Waals surface area (Å²) in [7, 11) is -3.38. The number of hydrogen-bond acceptors (Lipinski definition) is 4. The van der Waals surface area contributed by atoms with Gasteiger partial charge in [0.1, 0.15) is 5.75 Å². The lowest BCUT2D eigenvalue weighted by Gasteiger charge is -2.16. The predicted molar refractivity (Wildman–Crippen MR) is 66.4 cm³/mol. The zero-order chi connectivity index (χ0) is 13.3. The van der Waals surface area contributed by atoms with Crippen LogP contribution in [0.5, 0.6) is 5.75 Å². The first-order valence-electron chi connectivity index (χ1n) is 5.72. The lowest BCUT2D eigenvalue weighted by molar-refractivity contribution is 0.0789. The third kappa shape index (κ3) is 2.48. The number of sulfone groups is 1. The molecule has 1 amide bonds. The number of hydrogen-bond donors (Lipinski definition) is 1. The minimum absolute atomic E-state index is 0.0443. The minimum atomic E-state index is -3.38. The van der Waals surface area contributed by atoms with E-state index in [2.05, 4.69) is 0 Å². The summed E-state index contributed by atoms with van der Waals surface area (Å²) in [5.74, 6) is -0.491. The van der Waals surface area contributed by atoms with Gasteiger partial charge in [0, 0.05) is 19.3 Å². The molecule has 2 rings (SSSR count). The largest absolute Gasteiger partial charge is 0.507 e. The summed E-state index contributed by atoms with van der Waals surface area (Å²) in [6.45, 7) is 1.31. The van der Waals surface area contributed by atoms with Gasteiger partial charge in [0.05, 0.1) is 10.5 Å². The Hall–Kier alpha value is -1.56. The molecule has 1 fully saturated rings. The smallest absolute Gasteiger partial charge is 0.257 e. The van der Waals surface area contributed by atoms with Gasteiger partial charge in [0.25, 0.3) is 5.91 Å². The van der Waals surface area contributed by atoms with Gasteiger partial charge < -0.3 is 10.0 Å². The van der Waals surface area contributed by atoms with Crippen LogP contribution in [0.25, 0.3) is 0 Å². The fourth-order valence-electron chi connectivity index (χ4n) is 2.01. The zero-order valence-electron chi connectivity index (χ0n) is 10.1. The van der Waals surface area contributed by atoms with Crippen LogP contribution in [0.15, 0.2) is 23.1 Å². The Balaban J connectivity index is 2.40. The van der Waals surface area contributed by atoms with Gasteiger partial charge in [0.2, 0.25) is 0 Å². The number of likely N-dealkylation sites (tertiary alicyclic amines) is 1. The lowest BCUT2D eigenvalue weighted by atomic mass is 10.2. The molecule has 18 heavy (non-hydrogen) atoms. The molecule has 1 N–H and O–H groups in total. The van der Waals surface area contributed by atoms with Gasteiger partial charge in [-0.05, 0) is 31.0 Å². The number of rotatable bonds is 2. The van der Waals surface area contributed by atoms with E-state index in [9.17, 15) is 18.3 Å². The van der Waals surface area contributed by atoms with Gasteiger partial charge in [-0.1, -0.05) is 0 Å². The molecule has 0 radical (unpaired) electrons. The number of carbonyl (C=O) groups is 1. The molecule has 0 unspecified atom stereocenters. The summed E-state index contributed by atoms with van der Waals surface area (Å²) in [6.07, 6.45) is 2.96. The van der Waals surface area contributed by atoms with E-state index in [1.807, 2.05) is 0 Å². The molecule has 1 aliphatic rings. The van der Waals surface area contributed by atoms with Gasteiger partial charge in [-0.3, -0.25) is 4.79 Å². The second-order valence-electron chi connectivity index (χ2n) is 4.45. The predicted octanol–water partition coefficient (Wildman–Crippen LogP) is 1.03. The van der Waals surface area contributed by atoms with Crippen molar-refractivity contribution in [1.82, 2.24) is 4.90 Å². The number of phenolic OH excluding ortho intramolecular Hbond substituents is 1. The van der Waals surface area contributed by atoms with E-state index >= 15 is 0 Å². The summed E-state index contributed by atoms with van der Waals surface area (Å²) < 4.78 is 22.9. The van der Waals surface area contributed by atoms with Gasteiger partial charge in [-0.15, -0.1) is 0 Å². The lowest BCUT2D eigenvalue weighted by Crippen LogP contribution is -2.27. The average molecular weight is 269 g/mol. The van der Waals surface area contributed by atoms with Crippen LogP contribution in [0, 0.1) is 0 Å². The SMILES string of the molecule is CS(=O)(=O)c1ccc(O)c(C(=O)N2CCCC2)c1. The Labute approximate surface area is 106 Å². The summed E-state index contributed by atoms with van der Waals surface area (Å²) in [6, 6.07) is 3.79. The van der Waals surface area contributed by atoms with Crippen molar-refractivity contribution >= 4 is 15.7 Å². The van der Waals surface area contributed by atoms with E-state index in [0.29, 0.717) is 13.1 Å². The van der Waals surface area contributed by atoms with Gasteiger partial charge in [-0.2, -0.15) is 0 Å². The highest BCUT2D eigenvalue weighted by Crippen LogP contribution is 2.24. The van der Waals surface area contributed by atoms with E-state index < -0.39 is 9.84 Å². The molecule has 1 aliphatic heterocycles. The molecule has 1 heterocycles. The van der Waals surface area contributed by atoms with Crippen molar-refractivity contribution in [2.75, 3.05) is 19.3 Å². The van der Waals surface area contributed by atoms with Crippen LogP contribution in [0.4, 0.5) is 0 Å². The molecule has 1 saturated heterocycles. The maximum atomic E-state index is 12.1. The molecule has 1 aromatic carbocycles. The molecular weight excluding hydrogens is 254 g/mol. The molecule has 0 spiro atoms. The topological polar surface area (TPSA) is 74.7 Å². The van der Waals surface area contributed by atoms with E-state index in [4.69, 9.17) is 0 Å². The highest BCUT2D eigenvalue weighted by atomic mass is 32.2. The van der Waals surface area contributed by atoms with Crippen molar-refractivity contribution in [3.63, 3.8) is 0 Å². The number of phenols is 1. The van der Waals surface area contributed by atoms with Crippen molar-refractivity contribution in [1.29, 1.82) is 0 Å². The maximum Gasteiger partial charge on any atom is 0.257 e. The molecule has 0 atom stereocenters. The van der Waals surface area contributed by atoms with Crippen molar-refractivity contribution < 1.29 is 18.3 Å². The number of aromatic hydroxyl groups is 1. The number of carbonyl (C=O) groups excluding carboxylic acids is 1. The highest BCUT2D eigenvalue weighted by Gasteiger charge is 2.23. The number of amides is 1. The minimum Gasteiger partial charge on any atom is -0.507 e. The van der Waals surface area contributed by atoms with Crippen molar-refractivity contribution in [2.45, 2.75) is 17.7 Å². The summed E-state index contributed by atoms with van der Waals surface area (Å²) in [5, 5.41) is 9.69. The normalized spacial score (nSPS) is 15.9. The quantitative estimate of drug-likeness (QED) is 0.870. The van der Waals surface area contributed by atoms with Crippen molar-refractivity contribution in [3.8, 4) is 5.75 Å². The third-order valence-electron chi connectivity index (χ3n) is 3.02. The van der Waals surface area contributed by atoms with Crippen LogP contribution in [0.1, 0.15) is 23.2 Å². The Morgan fingerprint density at radius 3 is 2.44 bits per heavy atom. The monoisotopic (exact) mass is 269 g/mol. The molecule has 0 saturated carbocycles. The van der Waals surface area contributed by atoms with Gasteiger partial charge in [-0.25, -0.2) is 8.42 Å². The van der Waals surface area contributed by atoms with Gasteiger partial charge >= 0.3 is 0 Å². The Bertz CT molecular complexity index is 574. The Morgan fingerprint density at radius 1 is 1.28 bits per heavy atom. The van der Waals surface area contributed by atoms with E-state index in [-0.39, 0.29) is 22.1 Å². The van der Waals surface area contributed by atoms with Crippen LogP contribution in [-0.4, -0.2) is 43.7 Å². The molecule has 1 aromatic rings. The first kappa shape index (κ1) is 12.9. The second-order valence-corrected chi connectivity index (χ2v) is 6.47. The number of nitrogens with zero attached hydrogens (tertiary/aromatic N) is 1. The van der Waals surface area contributed by atoms with E-state index in [1.165, 1.54) is 18.2 Å². The van der Waals surface area contributed by atoms with E-state index in [1.54, 1.807) is 4.90 Å². The summed E-state index contributed by atoms with van der Waals surface area (Å²) in [5.41, 5.74) is 0.0554. The fraction of sp³-hybridized carbons (Fsp3) is 0.417. The standard InChI is InChI=1S/C12H15NO4S/c1-18(16,17)9-4-5-11(14)10(8-9)12(15)13-6-2-3-7-13/h4-5,8,14H,2-3,6-7H2,1H3. The van der Waals surface area contributed by atoms with Crippen molar-refractivity contribution in [2.24, 2.45) is 0 Å². The molecule has 6 heteroatoms. The Kier molecular flexibility index (Phi) is 3.30. The van der Waals surface area contributed by atoms with Crippen LogP contribution in [-0.2, 0) is 9.84 Å². The zero-order valence-corrected chi connectivity index (χ0v) is 10.9. The Morgan fingerprint density at radius 2 is 1.89 bits per heavy atom. The second kappa shape index (κ2) is 4.61. The van der Waals surface area contributed by atoms with Gasteiger partial charge in [0.15, 0.2) is 9.84 Å². The molecule has 0 aliphatic carbocycles. The van der Waals surface area contributed by atoms with E-state index in [0.717, 1.165) is 19.1 Å². The summed E-state index contributed by atoms with van der Waals surface area (Å²) in [4.78, 5) is 13.8. The molecule has 0 aromatic heterocycles. The van der Waals surface area contributed by atoms with Crippen LogP contribution < -0.4 is 0 Å². The molecule has 98 valence electrons. The van der Waals surface area contributed by atoms with Crippen LogP contribution >= 0.6 is 0 Å². The first-order chi connectivity index (χ1) is 8.39.